The van der Waals surface area contributed by atoms with Gasteiger partial charge in [-0.3, -0.25) is 9.69 Å². The van der Waals surface area contributed by atoms with Crippen LogP contribution in [0.3, 0.4) is 0 Å². The number of hydrogen-bond acceptors (Lipinski definition) is 5. The normalized spacial score (nSPS) is 48.2. The molecule has 5 aliphatic rings. The lowest BCUT2D eigenvalue weighted by Gasteiger charge is -2.47. The first-order valence-corrected chi connectivity index (χ1v) is 12.7. The Morgan fingerprint density at radius 3 is 2.76 bits per heavy atom. The average molecular weight is 458 g/mol. The molecule has 0 aromatic rings. The van der Waals surface area contributed by atoms with E-state index in [0.29, 0.717) is 25.5 Å². The minimum absolute atomic E-state index is 0.0371. The van der Waals surface area contributed by atoms with Crippen LogP contribution in [0.5, 0.6) is 0 Å². The zero-order valence-electron chi connectivity index (χ0n) is 20.5. The molecule has 33 heavy (non-hydrogen) atoms. The topological polar surface area (TPSA) is 76.1 Å². The molecule has 0 amide bonds. The Morgan fingerprint density at radius 1 is 1.36 bits per heavy atom. The number of nitrogens with zero attached hydrogens (tertiary/aromatic N) is 1. The molecule has 182 valence electrons. The molecule has 6 nitrogen and oxygen atoms in total. The van der Waals surface area contributed by atoms with Crippen LogP contribution >= 0.6 is 0 Å². The quantitative estimate of drug-likeness (QED) is 0.442. The van der Waals surface area contributed by atoms with Crippen molar-refractivity contribution in [3.63, 3.8) is 0 Å². The second kappa shape index (κ2) is 7.76. The van der Waals surface area contributed by atoms with E-state index in [0.717, 1.165) is 37.8 Å². The minimum atomic E-state index is -1.17. The lowest BCUT2D eigenvalue weighted by atomic mass is 9.55. The van der Waals surface area contributed by atoms with Crippen molar-refractivity contribution in [3.8, 4) is 0 Å². The van der Waals surface area contributed by atoms with Gasteiger partial charge in [0.1, 0.15) is 11.7 Å². The minimum Gasteiger partial charge on any atom is -0.481 e. The van der Waals surface area contributed by atoms with Gasteiger partial charge in [0.05, 0.1) is 18.1 Å². The average Bonchev–Trinajstić information content (AvgIpc) is 3.42. The first-order chi connectivity index (χ1) is 15.7. The maximum absolute atomic E-state index is 13.4. The highest BCUT2D eigenvalue weighted by molar-refractivity contribution is 5.91. The van der Waals surface area contributed by atoms with Gasteiger partial charge in [-0.25, -0.2) is 0 Å². The molecule has 0 spiro atoms. The van der Waals surface area contributed by atoms with E-state index in [9.17, 15) is 14.7 Å². The Balaban J connectivity index is 1.56. The molecule has 1 saturated heterocycles. The molecule has 0 unspecified atom stereocenters. The SMILES string of the molecule is C=CCN1C[C@H](OC[C@@]23[C@@H]4[C@H](C)CC[C@H]4[C@@]4(C=O)C[C@@H]2C=C(C(C)C)[C@@]34C(=O)O)O[C@H](C)C1. The van der Waals surface area contributed by atoms with E-state index >= 15 is 0 Å². The highest BCUT2D eigenvalue weighted by Gasteiger charge is 2.89. The maximum atomic E-state index is 13.4. The summed E-state index contributed by atoms with van der Waals surface area (Å²) in [6, 6.07) is 0. The van der Waals surface area contributed by atoms with Gasteiger partial charge < -0.3 is 19.4 Å². The van der Waals surface area contributed by atoms with Gasteiger partial charge in [-0.05, 0) is 49.4 Å². The van der Waals surface area contributed by atoms with Crippen molar-refractivity contribution in [1.82, 2.24) is 4.90 Å². The number of carboxylic acids is 1. The molecule has 1 N–H and O–H groups in total. The molecule has 4 bridgehead atoms. The molecule has 5 rings (SSSR count). The number of carbonyl (C=O) groups is 2. The molecule has 1 heterocycles. The van der Waals surface area contributed by atoms with Crippen LogP contribution in [0.25, 0.3) is 0 Å². The number of rotatable bonds is 8. The zero-order valence-corrected chi connectivity index (χ0v) is 20.5. The van der Waals surface area contributed by atoms with Crippen molar-refractivity contribution in [2.45, 2.75) is 59.4 Å². The Hall–Kier alpha value is -1.50. The van der Waals surface area contributed by atoms with E-state index in [1.165, 1.54) is 0 Å². The van der Waals surface area contributed by atoms with E-state index in [-0.39, 0.29) is 29.8 Å². The molecular formula is C27H39NO5. The number of carbonyl (C=O) groups excluding carboxylic acids is 1. The van der Waals surface area contributed by atoms with Crippen LogP contribution < -0.4 is 0 Å². The van der Waals surface area contributed by atoms with Crippen molar-refractivity contribution in [2.75, 3.05) is 26.2 Å². The fraction of sp³-hybridized carbons (Fsp3) is 0.778. The molecule has 4 fully saturated rings. The lowest BCUT2D eigenvalue weighted by molar-refractivity contribution is -0.228. The lowest BCUT2D eigenvalue weighted by Crippen LogP contribution is -2.55. The number of allylic oxidation sites excluding steroid dienone is 1. The van der Waals surface area contributed by atoms with Gasteiger partial charge in [-0.2, -0.15) is 0 Å². The summed E-state index contributed by atoms with van der Waals surface area (Å²) in [5, 5.41) is 11.0. The van der Waals surface area contributed by atoms with Gasteiger partial charge in [-0.15, -0.1) is 6.58 Å². The second-order valence-corrected chi connectivity index (χ2v) is 11.7. The largest absolute Gasteiger partial charge is 0.481 e. The van der Waals surface area contributed by atoms with Gasteiger partial charge >= 0.3 is 5.97 Å². The maximum Gasteiger partial charge on any atom is 0.315 e. The highest BCUT2D eigenvalue weighted by atomic mass is 16.7. The van der Waals surface area contributed by atoms with Crippen LogP contribution in [0.15, 0.2) is 24.3 Å². The second-order valence-electron chi connectivity index (χ2n) is 11.7. The van der Waals surface area contributed by atoms with E-state index in [1.54, 1.807) is 0 Å². The monoisotopic (exact) mass is 457 g/mol. The van der Waals surface area contributed by atoms with Crippen LogP contribution in [0, 0.1) is 45.8 Å². The first-order valence-electron chi connectivity index (χ1n) is 12.7. The van der Waals surface area contributed by atoms with Crippen LogP contribution in [-0.2, 0) is 19.1 Å². The van der Waals surface area contributed by atoms with E-state index < -0.39 is 28.5 Å². The Morgan fingerprint density at radius 2 is 2.12 bits per heavy atom. The Kier molecular flexibility index (Phi) is 5.46. The molecular weight excluding hydrogens is 418 g/mol. The van der Waals surface area contributed by atoms with Crippen molar-refractivity contribution < 1.29 is 24.2 Å². The molecule has 0 aromatic heterocycles. The van der Waals surface area contributed by atoms with Crippen LogP contribution in [-0.4, -0.2) is 60.9 Å². The fourth-order valence-electron chi connectivity index (χ4n) is 9.40. The summed E-state index contributed by atoms with van der Waals surface area (Å²) in [6.45, 7) is 14.9. The third-order valence-corrected chi connectivity index (χ3v) is 10.0. The molecule has 6 heteroatoms. The van der Waals surface area contributed by atoms with E-state index in [2.05, 4.69) is 38.3 Å². The van der Waals surface area contributed by atoms with Gasteiger partial charge in [0.15, 0.2) is 6.29 Å². The summed E-state index contributed by atoms with van der Waals surface area (Å²) >= 11 is 0. The molecule has 9 atom stereocenters. The highest BCUT2D eigenvalue weighted by Crippen LogP contribution is 2.87. The summed E-state index contributed by atoms with van der Waals surface area (Å²) in [6.07, 6.45) is 7.43. The van der Waals surface area contributed by atoms with Crippen LogP contribution in [0.2, 0.25) is 0 Å². The molecule has 0 radical (unpaired) electrons. The predicted octanol–water partition coefficient (Wildman–Crippen LogP) is 3.77. The third-order valence-electron chi connectivity index (χ3n) is 10.0. The van der Waals surface area contributed by atoms with Gasteiger partial charge in [0, 0.05) is 25.0 Å². The summed E-state index contributed by atoms with van der Waals surface area (Å²) in [5.74, 6) is -0.0185. The first kappa shape index (κ1) is 23.3. The number of morpholine rings is 1. The number of hydrogen-bond donors (Lipinski definition) is 1. The predicted molar refractivity (Wildman–Crippen MR) is 124 cm³/mol. The molecule has 0 aromatic carbocycles. The van der Waals surface area contributed by atoms with Crippen molar-refractivity contribution in [3.05, 3.63) is 24.3 Å². The molecule has 1 aliphatic heterocycles. The number of aliphatic carboxylic acids is 1. The van der Waals surface area contributed by atoms with E-state index in [1.807, 2.05) is 13.0 Å². The Labute approximate surface area is 197 Å². The third kappa shape index (κ3) is 2.66. The van der Waals surface area contributed by atoms with E-state index in [4.69, 9.17) is 9.47 Å². The molecule has 3 saturated carbocycles. The van der Waals surface area contributed by atoms with Crippen LogP contribution in [0.1, 0.15) is 47.0 Å². The number of aldehydes is 1. The number of ether oxygens (including phenoxy) is 2. The standard InChI is InChI=1S/C27H39NO5/c1-6-9-28-12-18(5)33-22(13-28)32-15-26-19-10-21(16(2)3)27(26,24(30)31)25(11-19,14-29)20-8-7-17(4)23(20)26/h6,10,14,16-20,22-23H,1,7-9,11-13,15H2,2-5H3,(H,30,31)/t17-,18-,19+,20-,22-,23-,25+,26+,27+/m1/s1. The zero-order chi connectivity index (χ0) is 23.8. The Bertz CT molecular complexity index is 884. The fourth-order valence-corrected chi connectivity index (χ4v) is 9.40. The van der Waals surface area contributed by atoms with Gasteiger partial charge in [0.2, 0.25) is 0 Å². The van der Waals surface area contributed by atoms with Gasteiger partial charge in [0.25, 0.3) is 0 Å². The summed E-state index contributed by atoms with van der Waals surface area (Å²) in [4.78, 5) is 28.6. The van der Waals surface area contributed by atoms with Crippen molar-refractivity contribution in [1.29, 1.82) is 0 Å². The van der Waals surface area contributed by atoms with Gasteiger partial charge in [-0.1, -0.05) is 44.9 Å². The number of carboxylic acid groups (broad SMARTS) is 1. The van der Waals surface area contributed by atoms with Crippen LogP contribution in [0.4, 0.5) is 0 Å². The smallest absolute Gasteiger partial charge is 0.315 e. The van der Waals surface area contributed by atoms with Crippen molar-refractivity contribution >= 4 is 12.3 Å². The van der Waals surface area contributed by atoms with Crippen molar-refractivity contribution in [2.24, 2.45) is 45.8 Å². The summed E-state index contributed by atoms with van der Waals surface area (Å²) in [5.41, 5.74) is -1.64. The number of fused-ring (bicyclic) bond motifs is 2. The summed E-state index contributed by atoms with van der Waals surface area (Å²) in [7, 11) is 0. The molecule has 4 aliphatic carbocycles. The summed E-state index contributed by atoms with van der Waals surface area (Å²) < 4.78 is 12.7.